The summed E-state index contributed by atoms with van der Waals surface area (Å²) in [6.45, 7) is 3.57. The average Bonchev–Trinajstić information content (AvgIpc) is 3.25. The number of amides is 2. The van der Waals surface area contributed by atoms with Crippen molar-refractivity contribution in [2.24, 2.45) is 0 Å². The fourth-order valence-electron chi connectivity index (χ4n) is 4.73. The van der Waals surface area contributed by atoms with Crippen molar-refractivity contribution in [2.45, 2.75) is 31.5 Å². The van der Waals surface area contributed by atoms with Crippen LogP contribution in [0.4, 0.5) is 0 Å². The van der Waals surface area contributed by atoms with Crippen LogP contribution >= 0.6 is 0 Å². The van der Waals surface area contributed by atoms with Crippen LogP contribution in [-0.2, 0) is 9.53 Å². The number of benzene rings is 1. The third kappa shape index (κ3) is 1.94. The smallest absolute Gasteiger partial charge is 0.255 e. The van der Waals surface area contributed by atoms with E-state index in [1.807, 2.05) is 25.1 Å². The van der Waals surface area contributed by atoms with E-state index in [4.69, 9.17) is 4.74 Å². The quantitative estimate of drug-likeness (QED) is 0.829. The Morgan fingerprint density at radius 1 is 1.27 bits per heavy atom. The third-order valence-electron chi connectivity index (χ3n) is 5.89. The molecule has 0 bridgehead atoms. The molecule has 1 N–H and O–H groups in total. The van der Waals surface area contributed by atoms with Gasteiger partial charge in [-0.2, -0.15) is 0 Å². The zero-order chi connectivity index (χ0) is 18.1. The van der Waals surface area contributed by atoms with Crippen molar-refractivity contribution in [3.05, 3.63) is 45.7 Å². The molecule has 3 aliphatic rings. The van der Waals surface area contributed by atoms with Gasteiger partial charge in [-0.05, 0) is 19.1 Å². The fourth-order valence-corrected chi connectivity index (χ4v) is 4.73. The zero-order valence-electron chi connectivity index (χ0n) is 14.4. The second kappa shape index (κ2) is 5.17. The van der Waals surface area contributed by atoms with Gasteiger partial charge in [0.15, 0.2) is 5.72 Å². The van der Waals surface area contributed by atoms with E-state index in [1.165, 1.54) is 6.07 Å². The van der Waals surface area contributed by atoms with Gasteiger partial charge in [-0.25, -0.2) is 0 Å². The highest BCUT2D eigenvalue weighted by Crippen LogP contribution is 2.46. The number of aryl methyl sites for hydroxylation is 1. The first kappa shape index (κ1) is 15.6. The third-order valence-corrected chi connectivity index (χ3v) is 5.89. The normalized spacial score (nSPS) is 27.3. The van der Waals surface area contributed by atoms with Crippen molar-refractivity contribution in [2.75, 3.05) is 19.7 Å². The van der Waals surface area contributed by atoms with Crippen LogP contribution in [-0.4, -0.2) is 58.1 Å². The van der Waals surface area contributed by atoms with E-state index in [9.17, 15) is 14.4 Å². The number of likely N-dealkylation sites (tertiary alicyclic amines) is 1. The van der Waals surface area contributed by atoms with Gasteiger partial charge in [-0.15, -0.1) is 0 Å². The van der Waals surface area contributed by atoms with E-state index >= 15 is 0 Å². The number of carbonyl (C=O) groups excluding carboxylic acids is 2. The van der Waals surface area contributed by atoms with Crippen molar-refractivity contribution in [3.63, 3.8) is 0 Å². The molecule has 26 heavy (non-hydrogen) atoms. The van der Waals surface area contributed by atoms with Crippen LogP contribution in [0, 0.1) is 6.92 Å². The van der Waals surface area contributed by atoms with Gasteiger partial charge in [0.05, 0.1) is 24.6 Å². The number of hydrogen-bond acceptors (Lipinski definition) is 4. The summed E-state index contributed by atoms with van der Waals surface area (Å²) in [7, 11) is 0. The number of aromatic amines is 1. The van der Waals surface area contributed by atoms with Crippen LogP contribution in [0.15, 0.2) is 29.1 Å². The summed E-state index contributed by atoms with van der Waals surface area (Å²) >= 11 is 0. The molecule has 1 aromatic heterocycles. The highest BCUT2D eigenvalue weighted by atomic mass is 16.5. The number of nitrogens with one attached hydrogen (secondary N) is 1. The molecule has 7 heteroatoms. The van der Waals surface area contributed by atoms with Gasteiger partial charge < -0.3 is 19.5 Å². The van der Waals surface area contributed by atoms with Crippen LogP contribution in [0.5, 0.6) is 0 Å². The average molecular weight is 353 g/mol. The zero-order valence-corrected chi connectivity index (χ0v) is 14.4. The molecule has 1 spiro atoms. The van der Waals surface area contributed by atoms with Crippen LogP contribution < -0.4 is 5.56 Å². The summed E-state index contributed by atoms with van der Waals surface area (Å²) in [6.07, 6.45) is 0.904. The number of ether oxygens (including phenoxy) is 1. The number of rotatable bonds is 1. The number of aromatic nitrogens is 1. The molecule has 4 heterocycles. The molecule has 0 saturated carbocycles. The Bertz CT molecular complexity index is 1010. The van der Waals surface area contributed by atoms with E-state index in [2.05, 4.69) is 4.98 Å². The van der Waals surface area contributed by atoms with E-state index in [0.717, 1.165) is 10.9 Å². The summed E-state index contributed by atoms with van der Waals surface area (Å²) in [4.78, 5) is 44.0. The van der Waals surface area contributed by atoms with Crippen molar-refractivity contribution < 1.29 is 14.3 Å². The Labute approximate surface area is 149 Å². The minimum Gasteiger partial charge on any atom is -0.351 e. The number of fused-ring (bicyclic) bond motifs is 1. The minimum atomic E-state index is -0.667. The molecular formula is C19H19N3O4. The summed E-state index contributed by atoms with van der Waals surface area (Å²) < 4.78 is 5.95. The van der Waals surface area contributed by atoms with Gasteiger partial charge in [0, 0.05) is 36.5 Å². The molecule has 0 unspecified atom stereocenters. The van der Waals surface area contributed by atoms with Gasteiger partial charge >= 0.3 is 0 Å². The summed E-state index contributed by atoms with van der Waals surface area (Å²) in [6, 6.07) is 6.69. The molecule has 3 fully saturated rings. The lowest BCUT2D eigenvalue weighted by atomic mass is 10.0. The Hall–Kier alpha value is -2.67. The lowest BCUT2D eigenvalue weighted by Crippen LogP contribution is -2.48. The monoisotopic (exact) mass is 353 g/mol. The molecule has 134 valence electrons. The lowest BCUT2D eigenvalue weighted by molar-refractivity contribution is -0.136. The molecule has 2 atom stereocenters. The lowest BCUT2D eigenvalue weighted by Gasteiger charge is -2.31. The molecule has 3 saturated heterocycles. The fraction of sp³-hybridized carbons (Fsp3) is 0.421. The van der Waals surface area contributed by atoms with Gasteiger partial charge in [-0.1, -0.05) is 11.6 Å². The van der Waals surface area contributed by atoms with Crippen LogP contribution in [0.25, 0.3) is 10.9 Å². The number of hydrogen-bond donors (Lipinski definition) is 1. The topological polar surface area (TPSA) is 82.7 Å². The Morgan fingerprint density at radius 3 is 2.96 bits per heavy atom. The highest BCUT2D eigenvalue weighted by Gasteiger charge is 2.62. The second-order valence-corrected chi connectivity index (χ2v) is 7.30. The summed E-state index contributed by atoms with van der Waals surface area (Å²) in [5, 5.41) is 0.726. The van der Waals surface area contributed by atoms with Crippen LogP contribution in [0.3, 0.4) is 0 Å². The van der Waals surface area contributed by atoms with Crippen LogP contribution in [0.2, 0.25) is 0 Å². The first-order chi connectivity index (χ1) is 12.5. The number of H-pyrrole nitrogens is 1. The predicted molar refractivity (Wildman–Crippen MR) is 93.8 cm³/mol. The van der Waals surface area contributed by atoms with Crippen molar-refractivity contribution in [1.29, 1.82) is 0 Å². The van der Waals surface area contributed by atoms with Gasteiger partial charge in [0.25, 0.3) is 5.91 Å². The molecule has 7 nitrogen and oxygen atoms in total. The molecule has 2 aromatic rings. The van der Waals surface area contributed by atoms with Crippen molar-refractivity contribution >= 4 is 22.7 Å². The molecule has 0 radical (unpaired) electrons. The van der Waals surface area contributed by atoms with E-state index in [-0.39, 0.29) is 29.8 Å². The van der Waals surface area contributed by atoms with Crippen molar-refractivity contribution in [3.8, 4) is 0 Å². The van der Waals surface area contributed by atoms with E-state index < -0.39 is 5.72 Å². The van der Waals surface area contributed by atoms with Crippen LogP contribution in [0.1, 0.15) is 28.8 Å². The second-order valence-electron chi connectivity index (χ2n) is 7.30. The SMILES string of the molecule is Cc1ccc2[nH]c(=O)cc(C(=O)N3CC[C@@]45OCCN4C(=O)C[C@@H]35)c2c1. The van der Waals surface area contributed by atoms with Gasteiger partial charge in [0.2, 0.25) is 11.5 Å². The highest BCUT2D eigenvalue weighted by molar-refractivity contribution is 6.06. The first-order valence-electron chi connectivity index (χ1n) is 8.89. The van der Waals surface area contributed by atoms with Gasteiger partial charge in [-0.3, -0.25) is 14.4 Å². The molecule has 5 rings (SSSR count). The maximum absolute atomic E-state index is 13.3. The molecule has 0 aliphatic carbocycles. The standard InChI is InChI=1S/C19H19N3O4/c1-11-2-3-14-12(8-11)13(9-16(23)20-14)18(25)21-5-4-19-15(21)10-17(24)22(19)6-7-26-19/h2-3,8-9,15H,4-7,10H2,1H3,(H,20,23)/t15-,19+/m1/s1. The Balaban J connectivity index is 1.59. The number of pyridine rings is 1. The predicted octanol–water partition coefficient (Wildman–Crippen LogP) is 1.01. The van der Waals surface area contributed by atoms with Gasteiger partial charge in [0.1, 0.15) is 0 Å². The van der Waals surface area contributed by atoms with E-state index in [1.54, 1.807) is 9.80 Å². The Morgan fingerprint density at radius 2 is 2.12 bits per heavy atom. The number of carbonyl (C=O) groups is 2. The largest absolute Gasteiger partial charge is 0.351 e. The van der Waals surface area contributed by atoms with Crippen molar-refractivity contribution in [1.82, 2.24) is 14.8 Å². The molecule has 2 amide bonds. The molecule has 3 aliphatic heterocycles. The molecular weight excluding hydrogens is 334 g/mol. The van der Waals surface area contributed by atoms with E-state index in [0.29, 0.717) is 37.2 Å². The maximum Gasteiger partial charge on any atom is 0.255 e. The maximum atomic E-state index is 13.3. The molecule has 1 aromatic carbocycles. The number of nitrogens with zero attached hydrogens (tertiary/aromatic N) is 2. The minimum absolute atomic E-state index is 0.0385. The summed E-state index contributed by atoms with van der Waals surface area (Å²) in [5.74, 6) is -0.171. The first-order valence-corrected chi connectivity index (χ1v) is 8.89. The Kier molecular flexibility index (Phi) is 3.10. The summed E-state index contributed by atoms with van der Waals surface area (Å²) in [5.41, 5.74) is 1.06.